The van der Waals surface area contributed by atoms with E-state index < -0.39 is 11.5 Å². The Balaban J connectivity index is 2.00. The zero-order valence-corrected chi connectivity index (χ0v) is 11.5. The van der Waals surface area contributed by atoms with E-state index in [9.17, 15) is 9.90 Å². The molecule has 2 N–H and O–H groups in total. The summed E-state index contributed by atoms with van der Waals surface area (Å²) in [5, 5.41) is 17.1. The van der Waals surface area contributed by atoms with Crippen molar-refractivity contribution in [3.8, 4) is 0 Å². The molecule has 1 aliphatic rings. The van der Waals surface area contributed by atoms with Crippen molar-refractivity contribution < 1.29 is 9.90 Å². The second-order valence-corrected chi connectivity index (χ2v) is 5.46. The molecule has 0 bridgehead atoms. The lowest BCUT2D eigenvalue weighted by Gasteiger charge is -2.34. The third-order valence-electron chi connectivity index (χ3n) is 3.99. The number of nitrogens with zero attached hydrogens (tertiary/aromatic N) is 3. The van der Waals surface area contributed by atoms with Gasteiger partial charge in [0.25, 0.3) is 0 Å². The number of hydrogen-bond acceptors (Lipinski definition) is 4. The van der Waals surface area contributed by atoms with E-state index in [0.29, 0.717) is 18.7 Å². The van der Waals surface area contributed by atoms with Crippen LogP contribution in [0.2, 0.25) is 0 Å². The standard InChI is InChI=1S/C14H18N4O2/c1-10-9-11-12(15-7-8-18(11)17-10)16-14(13(19)20)5-3-2-4-6-14/h7-9H,2-6H2,1H3,(H,15,16)(H,19,20). The molecule has 1 fully saturated rings. The van der Waals surface area contributed by atoms with Gasteiger partial charge in [0.05, 0.1) is 5.69 Å². The molecular weight excluding hydrogens is 256 g/mol. The van der Waals surface area contributed by atoms with Gasteiger partial charge < -0.3 is 10.4 Å². The summed E-state index contributed by atoms with van der Waals surface area (Å²) in [4.78, 5) is 16.0. The molecule has 0 radical (unpaired) electrons. The zero-order valence-electron chi connectivity index (χ0n) is 11.5. The number of nitrogens with one attached hydrogen (secondary N) is 1. The van der Waals surface area contributed by atoms with E-state index >= 15 is 0 Å². The van der Waals surface area contributed by atoms with Gasteiger partial charge in [-0.25, -0.2) is 14.3 Å². The van der Waals surface area contributed by atoms with E-state index in [1.165, 1.54) is 0 Å². The second-order valence-electron chi connectivity index (χ2n) is 5.46. The number of aliphatic carboxylic acids is 1. The highest BCUT2D eigenvalue weighted by Gasteiger charge is 2.40. The topological polar surface area (TPSA) is 79.5 Å². The normalized spacial score (nSPS) is 18.1. The Morgan fingerprint density at radius 1 is 1.40 bits per heavy atom. The lowest BCUT2D eigenvalue weighted by atomic mass is 9.81. The van der Waals surface area contributed by atoms with E-state index in [1.807, 2.05) is 13.0 Å². The van der Waals surface area contributed by atoms with E-state index in [0.717, 1.165) is 30.5 Å². The van der Waals surface area contributed by atoms with Crippen molar-refractivity contribution in [1.29, 1.82) is 0 Å². The SMILES string of the molecule is Cc1cc2c(NC3(C(=O)O)CCCCC3)nccn2n1. The van der Waals surface area contributed by atoms with Gasteiger partial charge in [0, 0.05) is 12.4 Å². The quantitative estimate of drug-likeness (QED) is 0.897. The number of hydrogen-bond donors (Lipinski definition) is 2. The van der Waals surface area contributed by atoms with Gasteiger partial charge in [-0.15, -0.1) is 0 Å². The number of aryl methyl sites for hydroxylation is 1. The highest BCUT2D eigenvalue weighted by atomic mass is 16.4. The summed E-state index contributed by atoms with van der Waals surface area (Å²) in [5.41, 5.74) is 0.802. The van der Waals surface area contributed by atoms with Gasteiger partial charge >= 0.3 is 5.97 Å². The maximum absolute atomic E-state index is 11.7. The average molecular weight is 274 g/mol. The Labute approximate surface area is 116 Å². The highest BCUT2D eigenvalue weighted by Crippen LogP contribution is 2.32. The molecule has 6 nitrogen and oxygen atoms in total. The summed E-state index contributed by atoms with van der Waals surface area (Å²) < 4.78 is 1.73. The van der Waals surface area contributed by atoms with Crippen molar-refractivity contribution in [3.63, 3.8) is 0 Å². The number of rotatable bonds is 3. The van der Waals surface area contributed by atoms with Gasteiger partial charge in [-0.2, -0.15) is 5.10 Å². The van der Waals surface area contributed by atoms with Crippen LogP contribution in [0.3, 0.4) is 0 Å². The number of aromatic nitrogens is 3. The smallest absolute Gasteiger partial charge is 0.329 e. The van der Waals surface area contributed by atoms with Gasteiger partial charge in [0.15, 0.2) is 5.82 Å². The monoisotopic (exact) mass is 274 g/mol. The summed E-state index contributed by atoms with van der Waals surface area (Å²) >= 11 is 0. The first-order valence-corrected chi connectivity index (χ1v) is 6.93. The predicted octanol–water partition coefficient (Wildman–Crippen LogP) is 2.24. The summed E-state index contributed by atoms with van der Waals surface area (Å²) in [6.07, 6.45) is 7.64. The predicted molar refractivity (Wildman–Crippen MR) is 74.8 cm³/mol. The zero-order chi connectivity index (χ0) is 14.2. The number of carboxylic acids is 1. The maximum Gasteiger partial charge on any atom is 0.329 e. The Kier molecular flexibility index (Phi) is 3.08. The van der Waals surface area contributed by atoms with Crippen molar-refractivity contribution in [1.82, 2.24) is 14.6 Å². The molecule has 1 saturated carbocycles. The van der Waals surface area contributed by atoms with Crippen molar-refractivity contribution in [2.75, 3.05) is 5.32 Å². The average Bonchev–Trinajstić information content (AvgIpc) is 2.81. The Morgan fingerprint density at radius 2 is 2.15 bits per heavy atom. The van der Waals surface area contributed by atoms with Crippen molar-refractivity contribution in [2.24, 2.45) is 0 Å². The molecule has 0 aliphatic heterocycles. The summed E-state index contributed by atoms with van der Waals surface area (Å²) in [5.74, 6) is -0.199. The van der Waals surface area contributed by atoms with Crippen LogP contribution in [0.4, 0.5) is 5.82 Å². The number of carboxylic acid groups (broad SMARTS) is 1. The largest absolute Gasteiger partial charge is 0.480 e. The minimum absolute atomic E-state index is 0.595. The summed E-state index contributed by atoms with van der Waals surface area (Å²) in [6, 6.07) is 1.91. The molecule has 2 aromatic rings. The highest BCUT2D eigenvalue weighted by molar-refractivity contribution is 5.84. The fourth-order valence-corrected chi connectivity index (χ4v) is 2.91. The molecule has 3 rings (SSSR count). The van der Waals surface area contributed by atoms with E-state index in [2.05, 4.69) is 15.4 Å². The van der Waals surface area contributed by atoms with Crippen molar-refractivity contribution in [3.05, 3.63) is 24.2 Å². The summed E-state index contributed by atoms with van der Waals surface area (Å²) in [7, 11) is 0. The molecule has 0 spiro atoms. The first kappa shape index (κ1) is 12.9. The van der Waals surface area contributed by atoms with Gasteiger partial charge in [0.2, 0.25) is 0 Å². The number of anilines is 1. The third kappa shape index (κ3) is 2.11. The molecule has 2 heterocycles. The lowest BCUT2D eigenvalue weighted by Crippen LogP contribution is -2.48. The van der Waals surface area contributed by atoms with Crippen LogP contribution in [-0.2, 0) is 4.79 Å². The second kappa shape index (κ2) is 4.77. The lowest BCUT2D eigenvalue weighted by molar-refractivity contribution is -0.143. The first-order chi connectivity index (χ1) is 9.61. The van der Waals surface area contributed by atoms with Gasteiger partial charge in [-0.1, -0.05) is 19.3 Å². The molecule has 106 valence electrons. The number of carbonyl (C=O) groups is 1. The molecule has 1 aliphatic carbocycles. The van der Waals surface area contributed by atoms with Crippen LogP contribution in [0.15, 0.2) is 18.5 Å². The van der Waals surface area contributed by atoms with Crippen LogP contribution >= 0.6 is 0 Å². The minimum atomic E-state index is -0.898. The van der Waals surface area contributed by atoms with Crippen molar-refractivity contribution >= 4 is 17.3 Å². The molecular formula is C14H18N4O2. The molecule has 2 aromatic heterocycles. The molecule has 0 saturated heterocycles. The molecule has 6 heteroatoms. The molecule has 0 unspecified atom stereocenters. The van der Waals surface area contributed by atoms with Gasteiger partial charge in [-0.05, 0) is 25.8 Å². The van der Waals surface area contributed by atoms with E-state index in [1.54, 1.807) is 16.9 Å². The van der Waals surface area contributed by atoms with Crippen LogP contribution in [-0.4, -0.2) is 31.2 Å². The molecule has 0 amide bonds. The maximum atomic E-state index is 11.7. The third-order valence-corrected chi connectivity index (χ3v) is 3.99. The van der Waals surface area contributed by atoms with Crippen LogP contribution in [0.5, 0.6) is 0 Å². The minimum Gasteiger partial charge on any atom is -0.480 e. The van der Waals surface area contributed by atoms with Crippen LogP contribution in [0.1, 0.15) is 37.8 Å². The van der Waals surface area contributed by atoms with Gasteiger partial charge in [0.1, 0.15) is 11.1 Å². The fourth-order valence-electron chi connectivity index (χ4n) is 2.91. The Morgan fingerprint density at radius 3 is 2.85 bits per heavy atom. The van der Waals surface area contributed by atoms with E-state index in [4.69, 9.17) is 0 Å². The first-order valence-electron chi connectivity index (χ1n) is 6.93. The molecule has 0 atom stereocenters. The van der Waals surface area contributed by atoms with Crippen molar-refractivity contribution in [2.45, 2.75) is 44.6 Å². The van der Waals surface area contributed by atoms with Gasteiger partial charge in [-0.3, -0.25) is 0 Å². The van der Waals surface area contributed by atoms with Crippen LogP contribution in [0, 0.1) is 6.92 Å². The van der Waals surface area contributed by atoms with Crippen LogP contribution in [0.25, 0.3) is 5.52 Å². The van der Waals surface area contributed by atoms with E-state index in [-0.39, 0.29) is 0 Å². The Bertz CT molecular complexity index is 644. The van der Waals surface area contributed by atoms with Crippen LogP contribution < -0.4 is 5.32 Å². The summed E-state index contributed by atoms with van der Waals surface area (Å²) in [6.45, 7) is 1.91. The fraction of sp³-hybridized carbons (Fsp3) is 0.500. The molecule has 0 aromatic carbocycles. The Hall–Kier alpha value is -2.11. The molecule has 20 heavy (non-hydrogen) atoms. The number of fused-ring (bicyclic) bond motifs is 1.